The molecule has 2 N–H and O–H groups in total. The van der Waals surface area contributed by atoms with Crippen molar-refractivity contribution in [1.82, 2.24) is 10.6 Å². The largest absolute Gasteiger partial charge is 0.354 e. The van der Waals surface area contributed by atoms with Crippen molar-refractivity contribution in [3.05, 3.63) is 64.4 Å². The SMILES string of the molecule is O=C(Cc1ccc(F)cc1)NCCNC(=O)C1CC(=O)N(c2ccccc2Br)C1. The number of rotatable bonds is 7. The van der Waals surface area contributed by atoms with Gasteiger partial charge in [-0.3, -0.25) is 14.4 Å². The predicted molar refractivity (Wildman–Crippen MR) is 111 cm³/mol. The average Bonchev–Trinajstić information content (AvgIpc) is 3.09. The maximum atomic E-state index is 12.9. The van der Waals surface area contributed by atoms with Crippen LogP contribution in [0.3, 0.4) is 0 Å². The Morgan fingerprint density at radius 2 is 1.76 bits per heavy atom. The number of halogens is 2. The monoisotopic (exact) mass is 461 g/mol. The molecule has 1 unspecified atom stereocenters. The lowest BCUT2D eigenvalue weighted by Crippen LogP contribution is -2.38. The summed E-state index contributed by atoms with van der Waals surface area (Å²) >= 11 is 3.43. The van der Waals surface area contributed by atoms with E-state index in [1.165, 1.54) is 12.1 Å². The molecule has 2 aromatic rings. The molecule has 3 amide bonds. The zero-order valence-electron chi connectivity index (χ0n) is 15.7. The Kier molecular flexibility index (Phi) is 6.98. The van der Waals surface area contributed by atoms with Crippen LogP contribution in [-0.2, 0) is 20.8 Å². The van der Waals surface area contributed by atoms with Gasteiger partial charge in [0.15, 0.2) is 0 Å². The fourth-order valence-electron chi connectivity index (χ4n) is 3.17. The number of benzene rings is 2. The molecule has 1 aliphatic heterocycles. The van der Waals surface area contributed by atoms with Gasteiger partial charge < -0.3 is 15.5 Å². The molecule has 2 aromatic carbocycles. The molecule has 0 aromatic heterocycles. The molecule has 0 spiro atoms. The van der Waals surface area contributed by atoms with Crippen molar-refractivity contribution in [2.45, 2.75) is 12.8 Å². The fraction of sp³-hybridized carbons (Fsp3) is 0.286. The van der Waals surface area contributed by atoms with Gasteiger partial charge in [0.2, 0.25) is 17.7 Å². The summed E-state index contributed by atoms with van der Waals surface area (Å²) in [6.45, 7) is 0.873. The normalized spacial score (nSPS) is 16.0. The van der Waals surface area contributed by atoms with E-state index < -0.39 is 5.92 Å². The lowest BCUT2D eigenvalue weighted by Gasteiger charge is -2.18. The maximum Gasteiger partial charge on any atom is 0.227 e. The second-order valence-electron chi connectivity index (χ2n) is 6.80. The highest BCUT2D eigenvalue weighted by Crippen LogP contribution is 2.31. The van der Waals surface area contributed by atoms with Crippen molar-refractivity contribution in [1.29, 1.82) is 0 Å². The van der Waals surface area contributed by atoms with Crippen LogP contribution >= 0.6 is 15.9 Å². The van der Waals surface area contributed by atoms with E-state index in [1.807, 2.05) is 24.3 Å². The van der Waals surface area contributed by atoms with Gasteiger partial charge in [0.1, 0.15) is 5.82 Å². The Morgan fingerprint density at radius 1 is 1.07 bits per heavy atom. The van der Waals surface area contributed by atoms with Crippen molar-refractivity contribution < 1.29 is 18.8 Å². The number of nitrogens with zero attached hydrogens (tertiary/aromatic N) is 1. The summed E-state index contributed by atoms with van der Waals surface area (Å²) in [7, 11) is 0. The van der Waals surface area contributed by atoms with Crippen LogP contribution in [0.5, 0.6) is 0 Å². The molecule has 0 radical (unpaired) electrons. The Hall–Kier alpha value is -2.74. The third-order valence-corrected chi connectivity index (χ3v) is 5.33. The molecule has 0 bridgehead atoms. The summed E-state index contributed by atoms with van der Waals surface area (Å²) in [5, 5.41) is 5.48. The quantitative estimate of drug-likeness (QED) is 0.621. The van der Waals surface area contributed by atoms with E-state index in [1.54, 1.807) is 17.0 Å². The van der Waals surface area contributed by atoms with Crippen LogP contribution in [-0.4, -0.2) is 37.4 Å². The first-order valence-corrected chi connectivity index (χ1v) is 10.1. The van der Waals surface area contributed by atoms with Gasteiger partial charge in [-0.1, -0.05) is 24.3 Å². The summed E-state index contributed by atoms with van der Waals surface area (Å²) in [5.41, 5.74) is 1.46. The van der Waals surface area contributed by atoms with Crippen LogP contribution in [0.25, 0.3) is 0 Å². The molecule has 1 atom stereocenters. The van der Waals surface area contributed by atoms with Crippen molar-refractivity contribution in [3.63, 3.8) is 0 Å². The van der Waals surface area contributed by atoms with Crippen molar-refractivity contribution >= 4 is 39.3 Å². The van der Waals surface area contributed by atoms with Crippen molar-refractivity contribution in [2.24, 2.45) is 5.92 Å². The summed E-state index contributed by atoms with van der Waals surface area (Å²) < 4.78 is 13.7. The van der Waals surface area contributed by atoms with E-state index in [-0.39, 0.29) is 49.5 Å². The molecule has 152 valence electrons. The molecule has 1 saturated heterocycles. The summed E-state index contributed by atoms with van der Waals surface area (Å²) in [4.78, 5) is 38.2. The minimum atomic E-state index is -0.426. The number of anilines is 1. The van der Waals surface area contributed by atoms with Gasteiger partial charge >= 0.3 is 0 Å². The minimum Gasteiger partial charge on any atom is -0.354 e. The molecule has 1 fully saturated rings. The van der Waals surface area contributed by atoms with Crippen LogP contribution in [0.15, 0.2) is 53.0 Å². The van der Waals surface area contributed by atoms with Crippen molar-refractivity contribution in [2.75, 3.05) is 24.5 Å². The molecular formula is C21H21BrFN3O3. The standard InChI is InChI=1S/C21H21BrFN3O3/c22-17-3-1-2-4-18(17)26-13-15(12-20(26)28)21(29)25-10-9-24-19(27)11-14-5-7-16(23)8-6-14/h1-8,15H,9-13H2,(H,24,27)(H,25,29). The topological polar surface area (TPSA) is 78.5 Å². The second kappa shape index (κ2) is 9.65. The first-order chi connectivity index (χ1) is 13.9. The van der Waals surface area contributed by atoms with Crippen molar-refractivity contribution in [3.8, 4) is 0 Å². The third kappa shape index (κ3) is 5.63. The average molecular weight is 462 g/mol. The van der Waals surface area contributed by atoms with Gasteiger partial charge in [0.25, 0.3) is 0 Å². The predicted octanol–water partition coefficient (Wildman–Crippen LogP) is 2.42. The number of hydrogen-bond acceptors (Lipinski definition) is 3. The molecule has 8 heteroatoms. The smallest absolute Gasteiger partial charge is 0.227 e. The fourth-order valence-corrected chi connectivity index (χ4v) is 3.67. The molecule has 1 heterocycles. The number of carbonyl (C=O) groups excluding carboxylic acids is 3. The highest BCUT2D eigenvalue weighted by molar-refractivity contribution is 9.10. The van der Waals surface area contributed by atoms with E-state index in [2.05, 4.69) is 26.6 Å². The summed E-state index contributed by atoms with van der Waals surface area (Å²) in [6, 6.07) is 13.1. The second-order valence-corrected chi connectivity index (χ2v) is 7.66. The van der Waals surface area contributed by atoms with E-state index in [9.17, 15) is 18.8 Å². The highest BCUT2D eigenvalue weighted by Gasteiger charge is 2.35. The van der Waals surface area contributed by atoms with Crippen LogP contribution in [0.1, 0.15) is 12.0 Å². The number of hydrogen-bond donors (Lipinski definition) is 2. The Balaban J connectivity index is 1.41. The maximum absolute atomic E-state index is 12.9. The van der Waals surface area contributed by atoms with Gasteiger partial charge in [-0.2, -0.15) is 0 Å². The Labute approximate surface area is 176 Å². The van der Waals surface area contributed by atoms with Crippen LogP contribution in [0, 0.1) is 11.7 Å². The van der Waals surface area contributed by atoms with Gasteiger partial charge in [-0.25, -0.2) is 4.39 Å². The van der Waals surface area contributed by atoms with E-state index in [0.29, 0.717) is 12.1 Å². The Bertz CT molecular complexity index is 904. The minimum absolute atomic E-state index is 0.0929. The van der Waals surface area contributed by atoms with Gasteiger partial charge in [0, 0.05) is 30.5 Å². The van der Waals surface area contributed by atoms with E-state index >= 15 is 0 Å². The zero-order chi connectivity index (χ0) is 20.8. The molecule has 0 saturated carbocycles. The first kappa shape index (κ1) is 21.0. The number of carbonyl (C=O) groups is 3. The van der Waals surface area contributed by atoms with Gasteiger partial charge in [0.05, 0.1) is 18.0 Å². The number of nitrogens with one attached hydrogen (secondary N) is 2. The van der Waals surface area contributed by atoms with Crippen LogP contribution in [0.2, 0.25) is 0 Å². The van der Waals surface area contributed by atoms with E-state index in [0.717, 1.165) is 10.2 Å². The number of amides is 3. The summed E-state index contributed by atoms with van der Waals surface area (Å²) in [6.07, 6.45) is 0.302. The van der Waals surface area contributed by atoms with Crippen LogP contribution in [0.4, 0.5) is 10.1 Å². The Morgan fingerprint density at radius 3 is 2.48 bits per heavy atom. The molecule has 29 heavy (non-hydrogen) atoms. The summed E-state index contributed by atoms with van der Waals surface area (Å²) in [5.74, 6) is -1.28. The lowest BCUT2D eigenvalue weighted by molar-refractivity contribution is -0.126. The lowest BCUT2D eigenvalue weighted by atomic mass is 10.1. The molecular weight excluding hydrogens is 441 g/mol. The molecule has 6 nitrogen and oxygen atoms in total. The molecule has 1 aliphatic rings. The van der Waals surface area contributed by atoms with Gasteiger partial charge in [-0.05, 0) is 45.8 Å². The molecule has 3 rings (SSSR count). The van der Waals surface area contributed by atoms with Crippen LogP contribution < -0.4 is 15.5 Å². The van der Waals surface area contributed by atoms with E-state index in [4.69, 9.17) is 0 Å². The number of para-hydroxylation sites is 1. The van der Waals surface area contributed by atoms with Gasteiger partial charge in [-0.15, -0.1) is 0 Å². The zero-order valence-corrected chi connectivity index (χ0v) is 17.2. The first-order valence-electron chi connectivity index (χ1n) is 9.28. The third-order valence-electron chi connectivity index (χ3n) is 4.66. The molecule has 0 aliphatic carbocycles. The highest BCUT2D eigenvalue weighted by atomic mass is 79.9.